The number of nitrogens with zero attached hydrogens (tertiary/aromatic N) is 2. The van der Waals surface area contributed by atoms with Crippen LogP contribution >= 0.6 is 0 Å². The molecule has 0 atom stereocenters. The van der Waals surface area contributed by atoms with Crippen LogP contribution in [-0.4, -0.2) is 68.7 Å². The predicted molar refractivity (Wildman–Crippen MR) is 101 cm³/mol. The van der Waals surface area contributed by atoms with Crippen LogP contribution in [0.3, 0.4) is 0 Å². The molecule has 0 fully saturated rings. The summed E-state index contributed by atoms with van der Waals surface area (Å²) in [5.41, 5.74) is 1.37. The summed E-state index contributed by atoms with van der Waals surface area (Å²) in [5.74, 6) is 1.00. The number of fused-ring (bicyclic) bond motifs is 1. The van der Waals surface area contributed by atoms with Crippen LogP contribution in [0.5, 0.6) is 11.5 Å². The third kappa shape index (κ3) is 3.56. The molecule has 1 aromatic carbocycles. The minimum Gasteiger partial charge on any atom is -0.486 e. The number of hydrogen-bond donors (Lipinski definition) is 0. The molecule has 8 nitrogen and oxygen atoms in total. The molecule has 0 bridgehead atoms. The number of rotatable bonds is 2. The first-order valence-electron chi connectivity index (χ1n) is 9.21. The largest absolute Gasteiger partial charge is 0.486 e. The van der Waals surface area contributed by atoms with Crippen molar-refractivity contribution in [2.24, 2.45) is 0 Å². The smallest absolute Gasteiger partial charge is 0.410 e. The molecule has 0 unspecified atom stereocenters. The summed E-state index contributed by atoms with van der Waals surface area (Å²) in [4.78, 5) is 14.0. The molecule has 0 saturated heterocycles. The lowest BCUT2D eigenvalue weighted by molar-refractivity contribution is 0.0295. The van der Waals surface area contributed by atoms with Gasteiger partial charge in [0.15, 0.2) is 11.5 Å². The maximum absolute atomic E-state index is 13.1. The van der Waals surface area contributed by atoms with E-state index in [1.54, 1.807) is 17.0 Å². The topological polar surface area (TPSA) is 85.4 Å². The molecule has 152 valence electrons. The maximum Gasteiger partial charge on any atom is 0.410 e. The SMILES string of the molecule is CC(C)(C)OC(=O)N1CC2=C(C1)CN(S(=O)(=O)c1ccc3c(c1)OCCO3)C2. The van der Waals surface area contributed by atoms with E-state index >= 15 is 0 Å². The van der Waals surface area contributed by atoms with Gasteiger partial charge in [0, 0.05) is 32.2 Å². The van der Waals surface area contributed by atoms with Crippen molar-refractivity contribution in [1.29, 1.82) is 0 Å². The zero-order chi connectivity index (χ0) is 20.1. The maximum atomic E-state index is 13.1. The van der Waals surface area contributed by atoms with Gasteiger partial charge >= 0.3 is 6.09 Å². The number of carbonyl (C=O) groups is 1. The summed E-state index contributed by atoms with van der Waals surface area (Å²) >= 11 is 0. The Balaban J connectivity index is 1.44. The standard InChI is InChI=1S/C19H24N2O6S/c1-19(2,3)27-18(22)20-9-13-11-21(12-14(13)10-20)28(23,24)15-4-5-16-17(8-15)26-7-6-25-16/h4-5,8H,6-7,9-12H2,1-3H3. The first-order chi connectivity index (χ1) is 13.1. The third-order valence-electron chi connectivity index (χ3n) is 4.80. The summed E-state index contributed by atoms with van der Waals surface area (Å²) in [5, 5.41) is 0. The van der Waals surface area contributed by atoms with Gasteiger partial charge in [0.1, 0.15) is 18.8 Å². The van der Waals surface area contributed by atoms with E-state index in [1.165, 1.54) is 10.4 Å². The van der Waals surface area contributed by atoms with Crippen molar-refractivity contribution in [1.82, 2.24) is 9.21 Å². The molecule has 1 aromatic rings. The fraction of sp³-hybridized carbons (Fsp3) is 0.526. The Labute approximate surface area is 164 Å². The monoisotopic (exact) mass is 408 g/mol. The van der Waals surface area contributed by atoms with Crippen molar-refractivity contribution in [3.05, 3.63) is 29.3 Å². The average Bonchev–Trinajstić information content (AvgIpc) is 3.19. The van der Waals surface area contributed by atoms with Crippen LogP contribution in [0.1, 0.15) is 20.8 Å². The fourth-order valence-corrected chi connectivity index (χ4v) is 4.95. The fourth-order valence-electron chi connectivity index (χ4n) is 3.50. The second-order valence-electron chi connectivity index (χ2n) is 8.12. The molecule has 3 aliphatic heterocycles. The summed E-state index contributed by atoms with van der Waals surface area (Å²) in [6.07, 6.45) is -0.372. The second kappa shape index (κ2) is 6.66. The van der Waals surface area contributed by atoms with E-state index in [2.05, 4.69) is 0 Å². The molecule has 1 amide bonds. The van der Waals surface area contributed by atoms with E-state index in [0.717, 1.165) is 11.1 Å². The Morgan fingerprint density at radius 2 is 1.61 bits per heavy atom. The van der Waals surface area contributed by atoms with E-state index in [9.17, 15) is 13.2 Å². The minimum absolute atomic E-state index is 0.182. The first kappa shape index (κ1) is 19.1. The lowest BCUT2D eigenvalue weighted by atomic mass is 10.2. The molecule has 9 heteroatoms. The highest BCUT2D eigenvalue weighted by atomic mass is 32.2. The molecule has 0 saturated carbocycles. The third-order valence-corrected chi connectivity index (χ3v) is 6.59. The van der Waals surface area contributed by atoms with Gasteiger partial charge in [-0.1, -0.05) is 0 Å². The molecular formula is C19H24N2O6S. The van der Waals surface area contributed by atoms with Crippen molar-refractivity contribution in [2.45, 2.75) is 31.3 Å². The Bertz CT molecular complexity index is 930. The zero-order valence-electron chi connectivity index (χ0n) is 16.2. The summed E-state index contributed by atoms with van der Waals surface area (Å²) < 4.78 is 43.9. The van der Waals surface area contributed by atoms with Crippen LogP contribution in [0, 0.1) is 0 Å². The van der Waals surface area contributed by atoms with Crippen molar-refractivity contribution in [3.8, 4) is 11.5 Å². The molecule has 0 spiro atoms. The highest BCUT2D eigenvalue weighted by Gasteiger charge is 2.39. The van der Waals surface area contributed by atoms with Crippen LogP contribution in [0.25, 0.3) is 0 Å². The van der Waals surface area contributed by atoms with E-state index < -0.39 is 15.6 Å². The van der Waals surface area contributed by atoms with Gasteiger partial charge in [0.2, 0.25) is 10.0 Å². The molecular weight excluding hydrogens is 384 g/mol. The van der Waals surface area contributed by atoms with Gasteiger partial charge in [-0.25, -0.2) is 13.2 Å². The molecule has 0 N–H and O–H groups in total. The first-order valence-corrected chi connectivity index (χ1v) is 10.6. The van der Waals surface area contributed by atoms with E-state index in [0.29, 0.717) is 37.8 Å². The van der Waals surface area contributed by atoms with Gasteiger partial charge in [0.05, 0.1) is 4.90 Å². The van der Waals surface area contributed by atoms with Gasteiger partial charge in [-0.15, -0.1) is 0 Å². The summed E-state index contributed by atoms with van der Waals surface area (Å²) in [6, 6.07) is 4.68. The van der Waals surface area contributed by atoms with Crippen LogP contribution in [0.2, 0.25) is 0 Å². The molecule has 4 rings (SSSR count). The Kier molecular flexibility index (Phi) is 4.54. The van der Waals surface area contributed by atoms with E-state index in [1.807, 2.05) is 20.8 Å². The van der Waals surface area contributed by atoms with E-state index in [4.69, 9.17) is 14.2 Å². The Hall–Kier alpha value is -2.26. The average molecular weight is 408 g/mol. The lowest BCUT2D eigenvalue weighted by Crippen LogP contribution is -2.39. The normalized spacial score (nSPS) is 19.8. The van der Waals surface area contributed by atoms with Crippen molar-refractivity contribution in [3.63, 3.8) is 0 Å². The molecule has 0 aromatic heterocycles. The zero-order valence-corrected chi connectivity index (χ0v) is 17.0. The number of sulfonamides is 1. The van der Waals surface area contributed by atoms with Crippen molar-refractivity contribution < 1.29 is 27.4 Å². The Morgan fingerprint density at radius 3 is 2.21 bits per heavy atom. The second-order valence-corrected chi connectivity index (χ2v) is 10.1. The van der Waals surface area contributed by atoms with Crippen molar-refractivity contribution in [2.75, 3.05) is 39.4 Å². The lowest BCUT2D eigenvalue weighted by Gasteiger charge is -2.26. The number of ether oxygens (including phenoxy) is 3. The van der Waals surface area contributed by atoms with Crippen LogP contribution in [-0.2, 0) is 14.8 Å². The van der Waals surface area contributed by atoms with Crippen LogP contribution in [0.4, 0.5) is 4.79 Å². The predicted octanol–water partition coefficient (Wildman–Crippen LogP) is 2.01. The Morgan fingerprint density at radius 1 is 1.00 bits per heavy atom. The molecule has 3 aliphatic rings. The minimum atomic E-state index is -3.66. The molecule has 3 heterocycles. The summed E-state index contributed by atoms with van der Waals surface area (Å²) in [7, 11) is -3.66. The quantitative estimate of drug-likeness (QED) is 0.696. The molecule has 28 heavy (non-hydrogen) atoms. The van der Waals surface area contributed by atoms with Gasteiger partial charge in [-0.2, -0.15) is 4.31 Å². The van der Waals surface area contributed by atoms with Crippen LogP contribution < -0.4 is 9.47 Å². The highest BCUT2D eigenvalue weighted by Crippen LogP contribution is 2.35. The van der Waals surface area contributed by atoms with Gasteiger partial charge in [0.25, 0.3) is 0 Å². The van der Waals surface area contributed by atoms with Crippen molar-refractivity contribution >= 4 is 16.1 Å². The summed E-state index contributed by atoms with van der Waals surface area (Å²) in [6.45, 7) is 7.69. The number of benzene rings is 1. The molecule has 0 radical (unpaired) electrons. The molecule has 0 aliphatic carbocycles. The highest BCUT2D eigenvalue weighted by molar-refractivity contribution is 7.89. The number of hydrogen-bond acceptors (Lipinski definition) is 6. The van der Waals surface area contributed by atoms with Gasteiger partial charge in [-0.3, -0.25) is 0 Å². The van der Waals surface area contributed by atoms with E-state index in [-0.39, 0.29) is 24.1 Å². The van der Waals surface area contributed by atoms with Gasteiger partial charge < -0.3 is 19.1 Å². The number of amides is 1. The number of carbonyl (C=O) groups excluding carboxylic acids is 1. The van der Waals surface area contributed by atoms with Gasteiger partial charge in [-0.05, 0) is 44.1 Å². The van der Waals surface area contributed by atoms with Crippen LogP contribution in [0.15, 0.2) is 34.2 Å².